The number of carbonyl (C=O) groups is 2. The summed E-state index contributed by atoms with van der Waals surface area (Å²) >= 11 is 5.37. The van der Waals surface area contributed by atoms with Crippen molar-refractivity contribution in [3.05, 3.63) is 76.5 Å². The largest absolute Gasteiger partial charge is 0.463 e. The minimum absolute atomic E-state index is 0.0787. The number of nitrogens with one attached hydrogen (secondary N) is 2. The fourth-order valence-corrected chi connectivity index (χ4v) is 3.62. The molecular weight excluding hydrogens is 455 g/mol. The fourth-order valence-electron chi connectivity index (χ4n) is 3.37. The first kappa shape index (κ1) is 24.2. The van der Waals surface area contributed by atoms with E-state index in [0.29, 0.717) is 27.6 Å². The lowest BCUT2D eigenvalue weighted by Crippen LogP contribution is -2.46. The van der Waals surface area contributed by atoms with E-state index in [1.165, 1.54) is 0 Å². The van der Waals surface area contributed by atoms with Crippen molar-refractivity contribution in [1.29, 1.82) is 0 Å². The quantitative estimate of drug-likeness (QED) is 0.483. The summed E-state index contributed by atoms with van der Waals surface area (Å²) in [6.45, 7) is 3.69. The summed E-state index contributed by atoms with van der Waals surface area (Å²) in [5, 5.41) is 6.21. The third kappa shape index (κ3) is 5.33. The Bertz CT molecular complexity index is 1110. The Morgan fingerprint density at radius 3 is 2.45 bits per heavy atom. The molecule has 0 bridgehead atoms. The van der Waals surface area contributed by atoms with E-state index in [9.17, 15) is 22.8 Å². The first-order valence-electron chi connectivity index (χ1n) is 10.0. The molecule has 2 aromatic carbocycles. The number of nitrogens with zero attached hydrogens (tertiary/aromatic N) is 1. The zero-order chi connectivity index (χ0) is 24.3. The summed E-state index contributed by atoms with van der Waals surface area (Å²) in [5.74, 6) is -1.05. The molecule has 0 aromatic heterocycles. The molecule has 0 aliphatic carbocycles. The molecular formula is C23H22F3N3O3S. The van der Waals surface area contributed by atoms with E-state index in [1.807, 2.05) is 0 Å². The zero-order valence-corrected chi connectivity index (χ0v) is 18.9. The van der Waals surface area contributed by atoms with Crippen LogP contribution in [0.5, 0.6) is 0 Å². The van der Waals surface area contributed by atoms with Gasteiger partial charge in [0.1, 0.15) is 0 Å². The monoisotopic (exact) mass is 477 g/mol. The molecule has 33 heavy (non-hydrogen) atoms. The van der Waals surface area contributed by atoms with Crippen molar-refractivity contribution in [2.75, 3.05) is 19.0 Å². The first-order chi connectivity index (χ1) is 15.5. The molecule has 0 radical (unpaired) electrons. The van der Waals surface area contributed by atoms with Gasteiger partial charge >= 0.3 is 12.1 Å². The number of esters is 1. The molecule has 0 saturated carbocycles. The van der Waals surface area contributed by atoms with Gasteiger partial charge in [-0.25, -0.2) is 4.79 Å². The molecule has 0 unspecified atom stereocenters. The second kappa shape index (κ2) is 9.62. The highest BCUT2D eigenvalue weighted by Gasteiger charge is 2.33. The number of rotatable bonds is 5. The number of alkyl halides is 3. The smallest absolute Gasteiger partial charge is 0.416 e. The van der Waals surface area contributed by atoms with Gasteiger partial charge in [-0.2, -0.15) is 13.2 Å². The van der Waals surface area contributed by atoms with E-state index in [2.05, 4.69) is 10.6 Å². The van der Waals surface area contributed by atoms with Crippen LogP contribution in [0.1, 0.15) is 41.4 Å². The van der Waals surface area contributed by atoms with Crippen LogP contribution in [-0.2, 0) is 15.7 Å². The van der Waals surface area contributed by atoms with Crippen LogP contribution in [-0.4, -0.2) is 35.5 Å². The Kier molecular flexibility index (Phi) is 7.06. The van der Waals surface area contributed by atoms with Gasteiger partial charge in [0.25, 0.3) is 5.91 Å². The molecule has 6 nitrogen and oxygen atoms in total. The first-order valence-corrected chi connectivity index (χ1v) is 10.4. The number of allylic oxidation sites excluding steroid dienone is 1. The van der Waals surface area contributed by atoms with Gasteiger partial charge in [-0.15, -0.1) is 0 Å². The second-order valence-corrected chi connectivity index (χ2v) is 7.70. The molecule has 3 rings (SSSR count). The van der Waals surface area contributed by atoms with Crippen LogP contribution in [0.15, 0.2) is 59.8 Å². The average molecular weight is 478 g/mol. The highest BCUT2D eigenvalue weighted by Crippen LogP contribution is 2.32. The Labute approximate surface area is 194 Å². The molecule has 0 saturated heterocycles. The summed E-state index contributed by atoms with van der Waals surface area (Å²) < 4.78 is 43.5. The van der Waals surface area contributed by atoms with E-state index in [4.69, 9.17) is 17.0 Å². The van der Waals surface area contributed by atoms with Gasteiger partial charge in [-0.05, 0) is 68.0 Å². The summed E-state index contributed by atoms with van der Waals surface area (Å²) in [6, 6.07) is 10.1. The topological polar surface area (TPSA) is 70.7 Å². The van der Waals surface area contributed by atoms with Crippen LogP contribution in [0.25, 0.3) is 0 Å². The van der Waals surface area contributed by atoms with Gasteiger partial charge < -0.3 is 20.3 Å². The molecule has 1 atom stereocenters. The van der Waals surface area contributed by atoms with E-state index >= 15 is 0 Å². The normalized spacial score (nSPS) is 16.4. The van der Waals surface area contributed by atoms with Crippen molar-refractivity contribution in [1.82, 2.24) is 10.2 Å². The maximum absolute atomic E-state index is 12.7. The van der Waals surface area contributed by atoms with Crippen molar-refractivity contribution in [2.24, 2.45) is 0 Å². The van der Waals surface area contributed by atoms with Crippen LogP contribution in [0.2, 0.25) is 0 Å². The maximum atomic E-state index is 12.7. The number of hydrogen-bond donors (Lipinski definition) is 2. The van der Waals surface area contributed by atoms with Gasteiger partial charge in [0, 0.05) is 24.0 Å². The van der Waals surface area contributed by atoms with Gasteiger partial charge in [-0.1, -0.05) is 12.1 Å². The predicted octanol–water partition coefficient (Wildman–Crippen LogP) is 4.66. The second-order valence-electron chi connectivity index (χ2n) is 7.32. The van der Waals surface area contributed by atoms with Gasteiger partial charge in [0.2, 0.25) is 0 Å². The number of carbonyl (C=O) groups excluding carboxylic acids is 2. The lowest BCUT2D eigenvalue weighted by Gasteiger charge is -2.35. The minimum Gasteiger partial charge on any atom is -0.463 e. The fraction of sp³-hybridized carbons (Fsp3) is 0.261. The van der Waals surface area contributed by atoms with Crippen molar-refractivity contribution in [2.45, 2.75) is 26.1 Å². The van der Waals surface area contributed by atoms with E-state index in [-0.39, 0.29) is 12.2 Å². The molecule has 0 spiro atoms. The van der Waals surface area contributed by atoms with E-state index in [0.717, 1.165) is 24.3 Å². The van der Waals surface area contributed by atoms with Gasteiger partial charge in [0.05, 0.1) is 23.8 Å². The number of ether oxygens (including phenoxy) is 1. The summed E-state index contributed by atoms with van der Waals surface area (Å²) in [6.07, 6.45) is -4.48. The summed E-state index contributed by atoms with van der Waals surface area (Å²) in [7, 11) is 1.74. The number of thiocarbonyl (C=S) groups is 1. The van der Waals surface area contributed by atoms with Crippen LogP contribution in [0.4, 0.5) is 18.9 Å². The number of hydrogen-bond acceptors (Lipinski definition) is 4. The van der Waals surface area contributed by atoms with E-state index in [1.54, 1.807) is 50.1 Å². The van der Waals surface area contributed by atoms with Crippen LogP contribution in [0.3, 0.4) is 0 Å². The number of halogens is 3. The number of benzene rings is 2. The molecule has 1 aliphatic heterocycles. The molecule has 1 heterocycles. The number of amides is 1. The molecule has 2 N–H and O–H groups in total. The Morgan fingerprint density at radius 1 is 1.18 bits per heavy atom. The van der Waals surface area contributed by atoms with Gasteiger partial charge in [0.15, 0.2) is 5.11 Å². The molecule has 1 amide bonds. The highest BCUT2D eigenvalue weighted by atomic mass is 32.1. The number of anilines is 1. The zero-order valence-electron chi connectivity index (χ0n) is 18.1. The predicted molar refractivity (Wildman–Crippen MR) is 121 cm³/mol. The highest BCUT2D eigenvalue weighted by molar-refractivity contribution is 7.80. The Balaban J connectivity index is 1.87. The van der Waals surface area contributed by atoms with Crippen LogP contribution < -0.4 is 10.6 Å². The summed E-state index contributed by atoms with van der Waals surface area (Å²) in [4.78, 5) is 26.9. The van der Waals surface area contributed by atoms with Crippen molar-refractivity contribution in [3.8, 4) is 0 Å². The van der Waals surface area contributed by atoms with Gasteiger partial charge in [-0.3, -0.25) is 4.79 Å². The van der Waals surface area contributed by atoms with Crippen LogP contribution >= 0.6 is 12.2 Å². The van der Waals surface area contributed by atoms with Crippen molar-refractivity contribution >= 4 is 34.9 Å². The third-order valence-corrected chi connectivity index (χ3v) is 5.59. The van der Waals surface area contributed by atoms with E-state index < -0.39 is 29.7 Å². The SMILES string of the molecule is CCOC(=O)C1=C(C)N(C)C(=S)N[C@H]1c1cccc(NC(=O)c2ccc(C(F)(F)F)cc2)c1. The van der Waals surface area contributed by atoms with Crippen molar-refractivity contribution < 1.29 is 27.5 Å². The Morgan fingerprint density at radius 2 is 1.85 bits per heavy atom. The average Bonchev–Trinajstić information content (AvgIpc) is 2.77. The summed E-state index contributed by atoms with van der Waals surface area (Å²) in [5.41, 5.74) is 1.33. The molecule has 0 fully saturated rings. The standard InChI is InChI=1S/C23H22F3N3O3S/c1-4-32-21(31)18-13(2)29(3)22(33)28-19(18)15-6-5-7-17(12-15)27-20(30)14-8-10-16(11-9-14)23(24,25)26/h5-12,19H,4H2,1-3H3,(H,27,30)(H,28,33)/t19-/m0/s1. The minimum atomic E-state index is -4.48. The Hall–Kier alpha value is -3.40. The van der Waals surface area contributed by atoms with Crippen molar-refractivity contribution in [3.63, 3.8) is 0 Å². The maximum Gasteiger partial charge on any atom is 0.416 e. The van der Waals surface area contributed by atoms with Crippen LogP contribution in [0, 0.1) is 0 Å². The molecule has 10 heteroatoms. The third-order valence-electron chi connectivity index (χ3n) is 5.20. The molecule has 174 valence electrons. The molecule has 2 aromatic rings. The lowest BCUT2D eigenvalue weighted by molar-refractivity contribution is -0.139. The molecule has 1 aliphatic rings. The lowest BCUT2D eigenvalue weighted by atomic mass is 9.95.